The van der Waals surface area contributed by atoms with E-state index in [2.05, 4.69) is 18.3 Å². The molecule has 2 atom stereocenters. The predicted octanol–water partition coefficient (Wildman–Crippen LogP) is 3.05. The summed E-state index contributed by atoms with van der Waals surface area (Å²) in [5, 5.41) is 3.50. The van der Waals surface area contributed by atoms with Gasteiger partial charge in [-0.15, -0.1) is 0 Å². The van der Waals surface area contributed by atoms with Gasteiger partial charge in [0.15, 0.2) is 0 Å². The maximum Gasteiger partial charge on any atom is 0.127 e. The van der Waals surface area contributed by atoms with Crippen LogP contribution in [0, 0.1) is 0 Å². The molecule has 0 spiro atoms. The van der Waals surface area contributed by atoms with Crippen molar-refractivity contribution in [2.75, 3.05) is 20.8 Å². The zero-order chi connectivity index (χ0) is 14.4. The molecule has 2 rings (SSSR count). The summed E-state index contributed by atoms with van der Waals surface area (Å²) < 4.78 is 16.2. The molecule has 4 nitrogen and oxygen atoms in total. The molecule has 1 aliphatic heterocycles. The Morgan fingerprint density at radius 3 is 2.85 bits per heavy atom. The largest absolute Gasteiger partial charge is 0.497 e. The highest BCUT2D eigenvalue weighted by Crippen LogP contribution is 2.29. The number of hydrogen-bond acceptors (Lipinski definition) is 4. The van der Waals surface area contributed by atoms with E-state index < -0.39 is 0 Å². The number of nitrogens with one attached hydrogen (secondary N) is 1. The third-order valence-corrected chi connectivity index (χ3v) is 3.58. The number of allylic oxidation sites excluding steroid dienone is 1. The van der Waals surface area contributed by atoms with E-state index >= 15 is 0 Å². The van der Waals surface area contributed by atoms with Gasteiger partial charge in [-0.25, -0.2) is 0 Å². The Balaban J connectivity index is 1.97. The average molecular weight is 277 g/mol. The van der Waals surface area contributed by atoms with E-state index in [0.717, 1.165) is 36.4 Å². The first-order valence-corrected chi connectivity index (χ1v) is 7.00. The van der Waals surface area contributed by atoms with Crippen LogP contribution in [0.25, 0.3) is 0 Å². The smallest absolute Gasteiger partial charge is 0.127 e. The predicted molar refractivity (Wildman–Crippen MR) is 79.2 cm³/mol. The fraction of sp³-hybridized carbons (Fsp3) is 0.500. The van der Waals surface area contributed by atoms with Gasteiger partial charge in [-0.1, -0.05) is 6.07 Å². The Bertz CT molecular complexity index is 459. The third-order valence-electron chi connectivity index (χ3n) is 3.58. The van der Waals surface area contributed by atoms with Gasteiger partial charge >= 0.3 is 0 Å². The first-order chi connectivity index (χ1) is 9.74. The first kappa shape index (κ1) is 14.7. The molecule has 4 heteroatoms. The van der Waals surface area contributed by atoms with Gasteiger partial charge in [0.05, 0.1) is 20.5 Å². The van der Waals surface area contributed by atoms with Crippen LogP contribution in [0.4, 0.5) is 0 Å². The lowest BCUT2D eigenvalue weighted by Crippen LogP contribution is -2.31. The van der Waals surface area contributed by atoms with Crippen molar-refractivity contribution < 1.29 is 14.2 Å². The summed E-state index contributed by atoms with van der Waals surface area (Å²) in [5.74, 6) is 1.65. The molecule has 0 unspecified atom stereocenters. The maximum absolute atomic E-state index is 5.56. The molecule has 1 aromatic carbocycles. The van der Waals surface area contributed by atoms with Crippen molar-refractivity contribution in [2.24, 2.45) is 0 Å². The highest BCUT2D eigenvalue weighted by Gasteiger charge is 2.16. The van der Waals surface area contributed by atoms with Gasteiger partial charge in [0.1, 0.15) is 17.6 Å². The number of ether oxygens (including phenoxy) is 3. The molecule has 0 saturated carbocycles. The summed E-state index contributed by atoms with van der Waals surface area (Å²) in [5.41, 5.74) is 1.12. The van der Waals surface area contributed by atoms with Crippen LogP contribution < -0.4 is 14.8 Å². The molecule has 110 valence electrons. The van der Waals surface area contributed by atoms with Gasteiger partial charge in [0, 0.05) is 24.2 Å². The number of rotatable bonds is 6. The molecule has 0 bridgehead atoms. The van der Waals surface area contributed by atoms with Crippen molar-refractivity contribution in [3.8, 4) is 11.5 Å². The van der Waals surface area contributed by atoms with E-state index in [1.54, 1.807) is 20.5 Å². The van der Waals surface area contributed by atoms with Crippen molar-refractivity contribution >= 4 is 0 Å². The van der Waals surface area contributed by atoms with Gasteiger partial charge in [-0.05, 0) is 31.9 Å². The summed E-state index contributed by atoms with van der Waals surface area (Å²) in [6, 6.07) is 6.10. The van der Waals surface area contributed by atoms with Crippen LogP contribution in [-0.4, -0.2) is 26.9 Å². The molecule has 0 aliphatic carbocycles. The van der Waals surface area contributed by atoms with Gasteiger partial charge in [-0.2, -0.15) is 0 Å². The number of methoxy groups -OCH3 is 2. The molecule has 20 heavy (non-hydrogen) atoms. The van der Waals surface area contributed by atoms with Crippen LogP contribution in [0.3, 0.4) is 0 Å². The summed E-state index contributed by atoms with van der Waals surface area (Å²) in [4.78, 5) is 0. The zero-order valence-corrected chi connectivity index (χ0v) is 12.4. The fourth-order valence-electron chi connectivity index (χ4n) is 2.33. The summed E-state index contributed by atoms with van der Waals surface area (Å²) in [6.07, 6.45) is 6.27. The molecule has 1 aliphatic rings. The Labute approximate surface area is 120 Å². The Hall–Kier alpha value is -1.68. The normalized spacial score (nSPS) is 19.2. The molecule has 1 heterocycles. The van der Waals surface area contributed by atoms with Gasteiger partial charge < -0.3 is 19.5 Å². The van der Waals surface area contributed by atoms with Crippen molar-refractivity contribution in [2.45, 2.75) is 31.9 Å². The van der Waals surface area contributed by atoms with Crippen LogP contribution >= 0.6 is 0 Å². The quantitative estimate of drug-likeness (QED) is 0.867. The van der Waals surface area contributed by atoms with Crippen LogP contribution in [0.1, 0.15) is 31.4 Å². The monoisotopic (exact) mass is 277 g/mol. The second kappa shape index (κ2) is 7.20. The topological polar surface area (TPSA) is 39.7 Å². The molecule has 1 N–H and O–H groups in total. The second-order valence-electron chi connectivity index (χ2n) is 4.95. The van der Waals surface area contributed by atoms with E-state index in [4.69, 9.17) is 14.2 Å². The molecule has 0 aromatic heterocycles. The number of hydrogen-bond donors (Lipinski definition) is 1. The zero-order valence-electron chi connectivity index (χ0n) is 12.4. The highest BCUT2D eigenvalue weighted by molar-refractivity contribution is 5.42. The molecule has 0 amide bonds. The molecule has 1 aromatic rings. The van der Waals surface area contributed by atoms with E-state index in [-0.39, 0.29) is 12.1 Å². The first-order valence-electron chi connectivity index (χ1n) is 7.00. The Morgan fingerprint density at radius 2 is 2.20 bits per heavy atom. The van der Waals surface area contributed by atoms with E-state index in [1.807, 2.05) is 18.2 Å². The lowest BCUT2D eigenvalue weighted by molar-refractivity contribution is 0.119. The minimum atomic E-state index is 0.199. The lowest BCUT2D eigenvalue weighted by Gasteiger charge is -2.23. The van der Waals surface area contributed by atoms with Gasteiger partial charge in [0.25, 0.3) is 0 Å². The van der Waals surface area contributed by atoms with Crippen molar-refractivity contribution in [1.82, 2.24) is 5.32 Å². The van der Waals surface area contributed by atoms with Crippen LogP contribution in [0.5, 0.6) is 11.5 Å². The second-order valence-corrected chi connectivity index (χ2v) is 4.95. The average Bonchev–Trinajstić information content (AvgIpc) is 2.52. The lowest BCUT2D eigenvalue weighted by atomic mass is 10.1. The Kier molecular flexibility index (Phi) is 5.30. The van der Waals surface area contributed by atoms with Gasteiger partial charge in [-0.3, -0.25) is 0 Å². The van der Waals surface area contributed by atoms with Crippen molar-refractivity contribution in [3.05, 3.63) is 36.1 Å². The van der Waals surface area contributed by atoms with Crippen molar-refractivity contribution in [1.29, 1.82) is 0 Å². The molecular weight excluding hydrogens is 254 g/mol. The van der Waals surface area contributed by atoms with Crippen LogP contribution in [0.2, 0.25) is 0 Å². The SMILES string of the molecule is COc1ccc([C@H](C)NC[C@H]2CCC=CO2)c(OC)c1. The van der Waals surface area contributed by atoms with E-state index in [0.29, 0.717) is 0 Å². The number of benzene rings is 1. The Morgan fingerprint density at radius 1 is 1.35 bits per heavy atom. The minimum absolute atomic E-state index is 0.199. The van der Waals surface area contributed by atoms with Gasteiger partial charge in [0.2, 0.25) is 0 Å². The molecular formula is C16H23NO3. The third kappa shape index (κ3) is 3.67. The maximum atomic E-state index is 5.56. The van der Waals surface area contributed by atoms with E-state index in [9.17, 15) is 0 Å². The van der Waals surface area contributed by atoms with Crippen molar-refractivity contribution in [3.63, 3.8) is 0 Å². The summed E-state index contributed by atoms with van der Waals surface area (Å²) in [7, 11) is 3.34. The minimum Gasteiger partial charge on any atom is -0.497 e. The molecule has 0 fully saturated rings. The molecule has 0 radical (unpaired) electrons. The highest BCUT2D eigenvalue weighted by atomic mass is 16.5. The van der Waals surface area contributed by atoms with Crippen LogP contribution in [0.15, 0.2) is 30.5 Å². The standard InChI is InChI=1S/C16H23NO3/c1-12(17-11-14-6-4-5-9-20-14)15-8-7-13(18-2)10-16(15)19-3/h5,7-10,12,14,17H,4,6,11H2,1-3H3/t12-,14+/m0/s1. The fourth-order valence-corrected chi connectivity index (χ4v) is 2.33. The summed E-state index contributed by atoms with van der Waals surface area (Å²) >= 11 is 0. The summed E-state index contributed by atoms with van der Waals surface area (Å²) in [6.45, 7) is 2.96. The molecule has 0 saturated heterocycles. The van der Waals surface area contributed by atoms with Crippen LogP contribution in [-0.2, 0) is 4.74 Å². The van der Waals surface area contributed by atoms with E-state index in [1.165, 1.54) is 0 Å².